The maximum Gasteiger partial charge on any atom is 0.117 e. The Morgan fingerprint density at radius 1 is 1.60 bits per heavy atom. The first-order chi connectivity index (χ1) is 7.38. The summed E-state index contributed by atoms with van der Waals surface area (Å²) in [5.74, 6) is 0. The van der Waals surface area contributed by atoms with Crippen LogP contribution in [0.25, 0.3) is 0 Å². The van der Waals surface area contributed by atoms with Gasteiger partial charge in [0.05, 0.1) is 6.10 Å². The van der Waals surface area contributed by atoms with E-state index in [2.05, 4.69) is 21.7 Å². The van der Waals surface area contributed by atoms with Gasteiger partial charge in [-0.1, -0.05) is 0 Å². The molecule has 15 heavy (non-hydrogen) atoms. The minimum absolute atomic E-state index is 0.230. The van der Waals surface area contributed by atoms with Crippen molar-refractivity contribution in [2.45, 2.75) is 19.1 Å². The van der Waals surface area contributed by atoms with Crippen molar-refractivity contribution in [3.8, 4) is 0 Å². The molecule has 0 bridgehead atoms. The van der Waals surface area contributed by atoms with Gasteiger partial charge in [-0.05, 0) is 28.8 Å². The summed E-state index contributed by atoms with van der Waals surface area (Å²) in [5.41, 5.74) is 1.32. The summed E-state index contributed by atoms with van der Waals surface area (Å²) in [7, 11) is 0. The van der Waals surface area contributed by atoms with Crippen LogP contribution in [0, 0.1) is 0 Å². The molecule has 2 heterocycles. The first kappa shape index (κ1) is 11.0. The lowest BCUT2D eigenvalue weighted by Gasteiger charge is -2.21. The number of thiophene rings is 1. The third kappa shape index (κ3) is 3.26. The van der Waals surface area contributed by atoms with E-state index in [9.17, 15) is 4.39 Å². The highest BCUT2D eigenvalue weighted by molar-refractivity contribution is 7.07. The summed E-state index contributed by atoms with van der Waals surface area (Å²) in [6.45, 7) is 2.96. The molecule has 4 heteroatoms. The number of hydrogen-bond donors (Lipinski definition) is 0. The summed E-state index contributed by atoms with van der Waals surface area (Å²) in [6, 6.07) is 2.13. The molecule has 0 spiro atoms. The molecule has 84 valence electrons. The van der Waals surface area contributed by atoms with Crippen LogP contribution in [0.5, 0.6) is 0 Å². The van der Waals surface area contributed by atoms with Gasteiger partial charge in [-0.15, -0.1) is 0 Å². The Morgan fingerprint density at radius 3 is 3.27 bits per heavy atom. The number of alkyl halides is 1. The molecule has 1 aliphatic rings. The highest BCUT2D eigenvalue weighted by Crippen LogP contribution is 2.13. The van der Waals surface area contributed by atoms with E-state index in [1.807, 2.05) is 0 Å². The zero-order chi connectivity index (χ0) is 10.5. The van der Waals surface area contributed by atoms with Crippen LogP contribution in [-0.4, -0.2) is 37.4 Å². The monoisotopic (exact) mass is 229 g/mol. The van der Waals surface area contributed by atoms with Crippen molar-refractivity contribution in [3.63, 3.8) is 0 Å². The number of halogens is 1. The highest BCUT2D eigenvalue weighted by atomic mass is 32.1. The van der Waals surface area contributed by atoms with Gasteiger partial charge < -0.3 is 4.74 Å². The zero-order valence-corrected chi connectivity index (χ0v) is 9.51. The van der Waals surface area contributed by atoms with Gasteiger partial charge in [0, 0.05) is 26.2 Å². The summed E-state index contributed by atoms with van der Waals surface area (Å²) < 4.78 is 17.9. The Hall–Kier alpha value is -0.450. The van der Waals surface area contributed by atoms with Crippen LogP contribution < -0.4 is 0 Å². The number of nitrogens with zero attached hydrogens (tertiary/aromatic N) is 1. The molecule has 0 saturated carbocycles. The topological polar surface area (TPSA) is 12.5 Å². The number of rotatable bonds is 3. The van der Waals surface area contributed by atoms with E-state index in [1.54, 1.807) is 11.3 Å². The molecule has 0 N–H and O–H groups in total. The Morgan fingerprint density at radius 2 is 2.53 bits per heavy atom. The highest BCUT2D eigenvalue weighted by Gasteiger charge is 2.18. The van der Waals surface area contributed by atoms with Gasteiger partial charge in [0.25, 0.3) is 0 Å². The molecule has 0 radical (unpaired) electrons. The van der Waals surface area contributed by atoms with Crippen molar-refractivity contribution in [1.82, 2.24) is 4.90 Å². The lowest BCUT2D eigenvalue weighted by Crippen LogP contribution is -2.32. The van der Waals surface area contributed by atoms with Crippen molar-refractivity contribution >= 4 is 11.3 Å². The van der Waals surface area contributed by atoms with Crippen LogP contribution in [0.2, 0.25) is 0 Å². The van der Waals surface area contributed by atoms with Crippen LogP contribution in [0.3, 0.4) is 0 Å². The summed E-state index contributed by atoms with van der Waals surface area (Å²) in [6.07, 6.45) is 0.770. The molecule has 1 saturated heterocycles. The normalized spacial score (nSPS) is 23.9. The summed E-state index contributed by atoms with van der Waals surface area (Å²) in [5, 5.41) is 4.23. The second kappa shape index (κ2) is 5.58. The third-order valence-electron chi connectivity index (χ3n) is 2.59. The van der Waals surface area contributed by atoms with E-state index in [-0.39, 0.29) is 12.8 Å². The van der Waals surface area contributed by atoms with Crippen LogP contribution in [0.15, 0.2) is 16.8 Å². The molecule has 1 aromatic heterocycles. The van der Waals surface area contributed by atoms with Crippen molar-refractivity contribution in [2.75, 3.05) is 26.4 Å². The quantitative estimate of drug-likeness (QED) is 0.788. The van der Waals surface area contributed by atoms with Crippen LogP contribution >= 0.6 is 11.3 Å². The second-order valence-corrected chi connectivity index (χ2v) is 4.65. The van der Waals surface area contributed by atoms with Crippen molar-refractivity contribution in [1.29, 1.82) is 0 Å². The van der Waals surface area contributed by atoms with E-state index in [0.717, 1.165) is 19.5 Å². The molecular weight excluding hydrogens is 213 g/mol. The molecule has 1 aromatic rings. The molecule has 1 atom stereocenters. The fourth-order valence-corrected chi connectivity index (χ4v) is 2.51. The first-order valence-electron chi connectivity index (χ1n) is 5.29. The molecule has 0 unspecified atom stereocenters. The van der Waals surface area contributed by atoms with Crippen LogP contribution in [-0.2, 0) is 11.3 Å². The van der Waals surface area contributed by atoms with Gasteiger partial charge in [-0.3, -0.25) is 4.90 Å². The Kier molecular flexibility index (Phi) is 4.11. The lowest BCUT2D eigenvalue weighted by atomic mass is 10.2. The standard InChI is InChI=1S/C11H16FNOS/c12-6-11-8-13(3-1-4-14-11)7-10-2-5-15-9-10/h2,5,9,11H,1,3-4,6-8H2/t11-/m1/s1. The minimum Gasteiger partial charge on any atom is -0.374 e. The number of hydrogen-bond acceptors (Lipinski definition) is 3. The minimum atomic E-state index is -0.375. The molecule has 1 fully saturated rings. The molecule has 0 aliphatic carbocycles. The summed E-state index contributed by atoms with van der Waals surface area (Å²) in [4.78, 5) is 2.28. The van der Waals surface area contributed by atoms with E-state index in [4.69, 9.17) is 4.74 Å². The van der Waals surface area contributed by atoms with Crippen LogP contribution in [0.1, 0.15) is 12.0 Å². The average molecular weight is 229 g/mol. The van der Waals surface area contributed by atoms with Crippen LogP contribution in [0.4, 0.5) is 4.39 Å². The lowest BCUT2D eigenvalue weighted by molar-refractivity contribution is 0.0360. The van der Waals surface area contributed by atoms with E-state index >= 15 is 0 Å². The van der Waals surface area contributed by atoms with Crippen molar-refractivity contribution < 1.29 is 9.13 Å². The van der Waals surface area contributed by atoms with Gasteiger partial charge in [-0.2, -0.15) is 11.3 Å². The van der Waals surface area contributed by atoms with Gasteiger partial charge in [0.1, 0.15) is 6.67 Å². The molecule has 0 aromatic carbocycles. The zero-order valence-electron chi connectivity index (χ0n) is 8.69. The van der Waals surface area contributed by atoms with E-state index < -0.39 is 0 Å². The predicted octanol–water partition coefficient (Wildman–Crippen LogP) is 2.31. The van der Waals surface area contributed by atoms with Crippen molar-refractivity contribution in [2.24, 2.45) is 0 Å². The maximum absolute atomic E-state index is 12.6. The largest absolute Gasteiger partial charge is 0.374 e. The van der Waals surface area contributed by atoms with Gasteiger partial charge in [0.15, 0.2) is 0 Å². The molecular formula is C11H16FNOS. The fraction of sp³-hybridized carbons (Fsp3) is 0.636. The second-order valence-electron chi connectivity index (χ2n) is 3.87. The molecule has 2 rings (SSSR count). The maximum atomic E-state index is 12.6. The Labute approximate surface area is 93.7 Å². The molecule has 0 amide bonds. The predicted molar refractivity (Wildman–Crippen MR) is 59.9 cm³/mol. The smallest absolute Gasteiger partial charge is 0.117 e. The Bertz CT molecular complexity index is 278. The average Bonchev–Trinajstić information content (AvgIpc) is 2.64. The Balaban J connectivity index is 1.90. The van der Waals surface area contributed by atoms with E-state index in [1.165, 1.54) is 5.56 Å². The van der Waals surface area contributed by atoms with E-state index in [0.29, 0.717) is 13.2 Å². The van der Waals surface area contributed by atoms with Crippen molar-refractivity contribution in [3.05, 3.63) is 22.4 Å². The fourth-order valence-electron chi connectivity index (χ4n) is 1.85. The third-order valence-corrected chi connectivity index (χ3v) is 3.32. The van der Waals surface area contributed by atoms with Gasteiger partial charge in [-0.25, -0.2) is 4.39 Å². The van der Waals surface area contributed by atoms with Gasteiger partial charge in [0.2, 0.25) is 0 Å². The summed E-state index contributed by atoms with van der Waals surface area (Å²) >= 11 is 1.71. The molecule has 2 nitrogen and oxygen atoms in total. The first-order valence-corrected chi connectivity index (χ1v) is 6.24. The number of ether oxygens (including phenoxy) is 1. The van der Waals surface area contributed by atoms with Gasteiger partial charge >= 0.3 is 0 Å². The SMILES string of the molecule is FC[C@@H]1CN(Cc2ccsc2)CCCO1. The molecule has 1 aliphatic heterocycles.